The molecule has 1 aromatic carbocycles. The Morgan fingerprint density at radius 3 is 2.79 bits per heavy atom. The standard InChI is InChI=1S/C20H26BrN3O3S/c1-27-11-10-24-19(26)16-12-14(21)8-9-17(16)23-20(24)28-13-18(25)22-15-6-4-2-3-5-7-15/h8-9,12,15H,2-7,10-11,13H2,1H3,(H,22,25). The molecule has 0 unspecified atom stereocenters. The van der Waals surface area contributed by atoms with E-state index >= 15 is 0 Å². The summed E-state index contributed by atoms with van der Waals surface area (Å²) in [7, 11) is 1.60. The highest BCUT2D eigenvalue weighted by atomic mass is 79.9. The number of aromatic nitrogens is 2. The predicted octanol–water partition coefficient (Wildman–Crippen LogP) is 3.74. The van der Waals surface area contributed by atoms with Gasteiger partial charge in [-0.2, -0.15) is 0 Å². The van der Waals surface area contributed by atoms with Gasteiger partial charge in [-0.05, 0) is 31.0 Å². The number of hydrogen-bond acceptors (Lipinski definition) is 5. The van der Waals surface area contributed by atoms with Crippen molar-refractivity contribution in [1.82, 2.24) is 14.9 Å². The number of thioether (sulfide) groups is 1. The number of halogens is 1. The third-order valence-corrected chi connectivity index (χ3v) is 6.42. The van der Waals surface area contributed by atoms with E-state index in [1.165, 1.54) is 37.4 Å². The zero-order chi connectivity index (χ0) is 19.9. The Kier molecular flexibility index (Phi) is 7.93. The molecule has 28 heavy (non-hydrogen) atoms. The van der Waals surface area contributed by atoms with Crippen LogP contribution in [0.3, 0.4) is 0 Å². The van der Waals surface area contributed by atoms with Crippen LogP contribution in [-0.4, -0.2) is 41.0 Å². The Bertz CT molecular complexity index is 879. The molecule has 6 nitrogen and oxygen atoms in total. The molecule has 0 atom stereocenters. The van der Waals surface area contributed by atoms with Gasteiger partial charge in [0.2, 0.25) is 5.91 Å². The summed E-state index contributed by atoms with van der Waals surface area (Å²) in [6.45, 7) is 0.806. The SMILES string of the molecule is COCCn1c(SCC(=O)NC2CCCCCC2)nc2ccc(Br)cc2c1=O. The summed E-state index contributed by atoms with van der Waals surface area (Å²) in [5, 5.41) is 4.25. The lowest BCUT2D eigenvalue weighted by Gasteiger charge is -2.17. The van der Waals surface area contributed by atoms with Crippen molar-refractivity contribution in [3.63, 3.8) is 0 Å². The van der Waals surface area contributed by atoms with Gasteiger partial charge in [0.05, 0.1) is 29.8 Å². The number of nitrogens with one attached hydrogen (secondary N) is 1. The number of fused-ring (bicyclic) bond motifs is 1. The molecule has 0 saturated heterocycles. The van der Waals surface area contributed by atoms with Crippen molar-refractivity contribution in [2.75, 3.05) is 19.5 Å². The molecule has 1 aliphatic carbocycles. The number of hydrogen-bond donors (Lipinski definition) is 1. The zero-order valence-electron chi connectivity index (χ0n) is 16.1. The van der Waals surface area contributed by atoms with E-state index in [0.717, 1.165) is 17.3 Å². The molecule has 0 spiro atoms. The topological polar surface area (TPSA) is 73.2 Å². The molecule has 152 valence electrons. The second-order valence-corrected chi connectivity index (χ2v) is 8.91. The highest BCUT2D eigenvalue weighted by Crippen LogP contribution is 2.21. The van der Waals surface area contributed by atoms with E-state index in [1.54, 1.807) is 17.7 Å². The Hall–Kier alpha value is -1.38. The Balaban J connectivity index is 1.75. The summed E-state index contributed by atoms with van der Waals surface area (Å²) in [6, 6.07) is 5.73. The molecule has 2 aromatic rings. The first kappa shape index (κ1) is 21.3. The van der Waals surface area contributed by atoms with Gasteiger partial charge in [0.15, 0.2) is 5.16 Å². The van der Waals surface area contributed by atoms with Crippen LogP contribution >= 0.6 is 27.7 Å². The molecule has 0 bridgehead atoms. The van der Waals surface area contributed by atoms with Crippen LogP contribution in [0.5, 0.6) is 0 Å². The first-order valence-corrected chi connectivity index (χ1v) is 11.5. The van der Waals surface area contributed by atoms with Crippen LogP contribution < -0.4 is 10.9 Å². The summed E-state index contributed by atoms with van der Waals surface area (Å²) >= 11 is 4.71. The first-order chi connectivity index (χ1) is 13.6. The molecular formula is C20H26BrN3O3S. The van der Waals surface area contributed by atoms with Crippen molar-refractivity contribution in [3.8, 4) is 0 Å². The molecule has 1 aliphatic rings. The second kappa shape index (κ2) is 10.4. The van der Waals surface area contributed by atoms with E-state index in [1.807, 2.05) is 12.1 Å². The average molecular weight is 468 g/mol. The summed E-state index contributed by atoms with van der Waals surface area (Å²) in [5.41, 5.74) is 0.517. The normalized spacial score (nSPS) is 15.5. The summed E-state index contributed by atoms with van der Waals surface area (Å²) < 4.78 is 7.58. The lowest BCUT2D eigenvalue weighted by Crippen LogP contribution is -2.35. The maximum Gasteiger partial charge on any atom is 0.262 e. The minimum absolute atomic E-state index is 0.000318. The van der Waals surface area contributed by atoms with E-state index in [-0.39, 0.29) is 23.3 Å². The fourth-order valence-corrected chi connectivity index (χ4v) is 4.68. The number of carbonyl (C=O) groups is 1. The fraction of sp³-hybridized carbons (Fsp3) is 0.550. The summed E-state index contributed by atoms with van der Waals surface area (Å²) in [5.74, 6) is 0.248. The van der Waals surface area contributed by atoms with E-state index in [0.29, 0.717) is 29.2 Å². The van der Waals surface area contributed by atoms with Crippen LogP contribution in [-0.2, 0) is 16.1 Å². The molecule has 3 rings (SSSR count). The molecule has 1 fully saturated rings. The van der Waals surface area contributed by atoms with Crippen LogP contribution in [0, 0.1) is 0 Å². The fourth-order valence-electron chi connectivity index (χ4n) is 3.49. The van der Waals surface area contributed by atoms with Gasteiger partial charge in [0, 0.05) is 17.6 Å². The van der Waals surface area contributed by atoms with Crippen molar-refractivity contribution < 1.29 is 9.53 Å². The summed E-state index contributed by atoms with van der Waals surface area (Å²) in [4.78, 5) is 30.0. The van der Waals surface area contributed by atoms with Crippen molar-refractivity contribution in [2.24, 2.45) is 0 Å². The molecule has 1 heterocycles. The van der Waals surface area contributed by atoms with E-state index in [9.17, 15) is 9.59 Å². The Morgan fingerprint density at radius 2 is 2.07 bits per heavy atom. The molecule has 1 amide bonds. The highest BCUT2D eigenvalue weighted by molar-refractivity contribution is 9.10. The van der Waals surface area contributed by atoms with Gasteiger partial charge in [0.25, 0.3) is 5.56 Å². The maximum absolute atomic E-state index is 12.9. The molecule has 1 saturated carbocycles. The number of carbonyl (C=O) groups excluding carboxylic acids is 1. The number of nitrogens with zero attached hydrogens (tertiary/aromatic N) is 2. The maximum atomic E-state index is 12.9. The van der Waals surface area contributed by atoms with Crippen LogP contribution in [0.2, 0.25) is 0 Å². The number of benzene rings is 1. The second-order valence-electron chi connectivity index (χ2n) is 7.05. The Labute approximate surface area is 177 Å². The van der Waals surface area contributed by atoms with Gasteiger partial charge in [-0.25, -0.2) is 4.98 Å². The largest absolute Gasteiger partial charge is 0.383 e. The molecular weight excluding hydrogens is 442 g/mol. The minimum Gasteiger partial charge on any atom is -0.383 e. The minimum atomic E-state index is -0.116. The van der Waals surface area contributed by atoms with Crippen LogP contribution in [0.1, 0.15) is 38.5 Å². The number of amides is 1. The van der Waals surface area contributed by atoms with Gasteiger partial charge in [-0.1, -0.05) is 53.4 Å². The number of rotatable bonds is 7. The molecule has 1 N–H and O–H groups in total. The Morgan fingerprint density at radius 1 is 1.32 bits per heavy atom. The predicted molar refractivity (Wildman–Crippen MR) is 116 cm³/mol. The van der Waals surface area contributed by atoms with Gasteiger partial charge < -0.3 is 10.1 Å². The lowest BCUT2D eigenvalue weighted by molar-refractivity contribution is -0.119. The van der Waals surface area contributed by atoms with E-state index in [4.69, 9.17) is 4.74 Å². The third kappa shape index (κ3) is 5.58. The van der Waals surface area contributed by atoms with Gasteiger partial charge in [0.1, 0.15) is 0 Å². The van der Waals surface area contributed by atoms with Crippen molar-refractivity contribution in [1.29, 1.82) is 0 Å². The van der Waals surface area contributed by atoms with Gasteiger partial charge in [-0.15, -0.1) is 0 Å². The first-order valence-electron chi connectivity index (χ1n) is 9.69. The lowest BCUT2D eigenvalue weighted by atomic mass is 10.1. The zero-order valence-corrected chi connectivity index (χ0v) is 18.5. The molecule has 8 heteroatoms. The third-order valence-electron chi connectivity index (χ3n) is 4.95. The van der Waals surface area contributed by atoms with E-state index in [2.05, 4.69) is 26.2 Å². The van der Waals surface area contributed by atoms with Crippen LogP contribution in [0.15, 0.2) is 32.6 Å². The number of ether oxygens (including phenoxy) is 1. The average Bonchev–Trinajstić information content (AvgIpc) is 2.95. The highest BCUT2D eigenvalue weighted by Gasteiger charge is 2.17. The van der Waals surface area contributed by atoms with Crippen LogP contribution in [0.4, 0.5) is 0 Å². The van der Waals surface area contributed by atoms with Gasteiger partial charge in [-0.3, -0.25) is 14.2 Å². The smallest absolute Gasteiger partial charge is 0.262 e. The van der Waals surface area contributed by atoms with Gasteiger partial charge >= 0.3 is 0 Å². The molecule has 0 radical (unpaired) electrons. The molecule has 0 aliphatic heterocycles. The number of methoxy groups -OCH3 is 1. The van der Waals surface area contributed by atoms with E-state index < -0.39 is 0 Å². The van der Waals surface area contributed by atoms with Crippen molar-refractivity contribution in [3.05, 3.63) is 33.0 Å². The molecule has 1 aromatic heterocycles. The van der Waals surface area contributed by atoms with Crippen molar-refractivity contribution >= 4 is 44.5 Å². The van der Waals surface area contributed by atoms with Crippen molar-refractivity contribution in [2.45, 2.75) is 56.3 Å². The van der Waals surface area contributed by atoms with Crippen LogP contribution in [0.25, 0.3) is 10.9 Å². The quantitative estimate of drug-likeness (QED) is 0.381. The summed E-state index contributed by atoms with van der Waals surface area (Å²) in [6.07, 6.45) is 6.97. The monoisotopic (exact) mass is 467 g/mol.